The van der Waals surface area contributed by atoms with Gasteiger partial charge in [-0.15, -0.1) is 10.2 Å². The van der Waals surface area contributed by atoms with Crippen molar-refractivity contribution < 1.29 is 4.79 Å². The third-order valence-corrected chi connectivity index (χ3v) is 5.36. The second-order valence-electron chi connectivity index (χ2n) is 5.03. The van der Waals surface area contributed by atoms with Crippen LogP contribution in [0.2, 0.25) is 0 Å². The number of carbonyl (C=O) groups excluding carboxylic acids is 1. The minimum absolute atomic E-state index is 0.0920. The lowest BCUT2D eigenvalue weighted by Gasteiger charge is -2.05. The van der Waals surface area contributed by atoms with Crippen LogP contribution in [0.25, 0.3) is 11.0 Å². The first-order valence-corrected chi connectivity index (χ1v) is 8.64. The second kappa shape index (κ2) is 6.17. The minimum Gasteiger partial charge on any atom is -0.325 e. The molecule has 0 aliphatic carbocycles. The zero-order valence-corrected chi connectivity index (χ0v) is 14.5. The summed E-state index contributed by atoms with van der Waals surface area (Å²) in [5, 5.41) is 11.6. The molecule has 0 atom stereocenters. The fourth-order valence-electron chi connectivity index (χ4n) is 2.25. The summed E-state index contributed by atoms with van der Waals surface area (Å²) < 4.78 is 3.91. The number of hydrogen-bond donors (Lipinski definition) is 1. The molecule has 2 heterocycles. The molecule has 9 heteroatoms. The highest BCUT2D eigenvalue weighted by Gasteiger charge is 2.10. The summed E-state index contributed by atoms with van der Waals surface area (Å²) in [6.07, 6.45) is 0. The molecular formula is C14H15N5O2S2. The molecule has 0 saturated heterocycles. The molecule has 23 heavy (non-hydrogen) atoms. The molecule has 0 saturated carbocycles. The minimum atomic E-state index is -0.122. The molecule has 0 fully saturated rings. The SMILES string of the molecule is Cc1nnc(SCC(=O)Nc2ccc3c(c2)n(C)c(=O)n3C)s1. The lowest BCUT2D eigenvalue weighted by Crippen LogP contribution is -2.19. The summed E-state index contributed by atoms with van der Waals surface area (Å²) in [6, 6.07) is 5.42. The van der Waals surface area contributed by atoms with Gasteiger partial charge in [-0.05, 0) is 25.1 Å². The fourth-order valence-corrected chi connectivity index (χ4v) is 3.86. The summed E-state index contributed by atoms with van der Waals surface area (Å²) in [4.78, 5) is 23.9. The van der Waals surface area contributed by atoms with Gasteiger partial charge in [-0.2, -0.15) is 0 Å². The summed E-state index contributed by atoms with van der Waals surface area (Å²) >= 11 is 2.82. The summed E-state index contributed by atoms with van der Waals surface area (Å²) in [5.41, 5.74) is 2.18. The van der Waals surface area contributed by atoms with E-state index in [2.05, 4.69) is 15.5 Å². The van der Waals surface area contributed by atoms with Gasteiger partial charge >= 0.3 is 5.69 Å². The van der Waals surface area contributed by atoms with E-state index in [1.54, 1.807) is 35.4 Å². The van der Waals surface area contributed by atoms with Crippen molar-refractivity contribution in [3.63, 3.8) is 0 Å². The van der Waals surface area contributed by atoms with Gasteiger partial charge in [-0.25, -0.2) is 4.79 Å². The predicted molar refractivity (Wildman–Crippen MR) is 92.2 cm³/mol. The molecule has 1 aromatic carbocycles. The van der Waals surface area contributed by atoms with E-state index in [9.17, 15) is 9.59 Å². The maximum Gasteiger partial charge on any atom is 0.328 e. The van der Waals surface area contributed by atoms with Gasteiger partial charge < -0.3 is 5.32 Å². The Hall–Kier alpha value is -2.13. The standard InChI is InChI=1S/C14H15N5O2S2/c1-8-16-17-13(23-8)22-7-12(20)15-9-4-5-10-11(6-9)19(3)14(21)18(10)2/h4-6H,7H2,1-3H3,(H,15,20). The van der Waals surface area contributed by atoms with Crippen molar-refractivity contribution >= 4 is 45.7 Å². The first kappa shape index (κ1) is 15.8. The van der Waals surface area contributed by atoms with Gasteiger partial charge in [-0.1, -0.05) is 23.1 Å². The van der Waals surface area contributed by atoms with Crippen LogP contribution in [-0.2, 0) is 18.9 Å². The van der Waals surface area contributed by atoms with E-state index < -0.39 is 0 Å². The Morgan fingerprint density at radius 1 is 1.26 bits per heavy atom. The van der Waals surface area contributed by atoms with E-state index in [-0.39, 0.29) is 17.3 Å². The van der Waals surface area contributed by atoms with Crippen LogP contribution in [0, 0.1) is 6.92 Å². The number of rotatable bonds is 4. The normalized spacial score (nSPS) is 11.1. The largest absolute Gasteiger partial charge is 0.328 e. The van der Waals surface area contributed by atoms with Crippen LogP contribution < -0.4 is 11.0 Å². The molecule has 7 nitrogen and oxygen atoms in total. The Labute approximate surface area is 140 Å². The Balaban J connectivity index is 1.72. The van der Waals surface area contributed by atoms with Crippen LogP contribution in [0.1, 0.15) is 5.01 Å². The number of amides is 1. The number of aryl methyl sites for hydroxylation is 3. The van der Waals surface area contributed by atoms with E-state index in [1.165, 1.54) is 23.1 Å². The Bertz CT molecular complexity index is 940. The van der Waals surface area contributed by atoms with Crippen molar-refractivity contribution in [2.75, 3.05) is 11.1 Å². The van der Waals surface area contributed by atoms with Crippen molar-refractivity contribution in [2.24, 2.45) is 14.1 Å². The number of hydrogen-bond acceptors (Lipinski definition) is 6. The van der Waals surface area contributed by atoms with Crippen molar-refractivity contribution in [1.29, 1.82) is 0 Å². The molecule has 1 N–H and O–H groups in total. The monoisotopic (exact) mass is 349 g/mol. The predicted octanol–water partition coefficient (Wildman–Crippen LogP) is 1.77. The number of carbonyl (C=O) groups is 1. The number of benzene rings is 1. The summed E-state index contributed by atoms with van der Waals surface area (Å²) in [6.45, 7) is 1.88. The van der Waals surface area contributed by atoms with Gasteiger partial charge in [0, 0.05) is 19.8 Å². The van der Waals surface area contributed by atoms with E-state index in [0.717, 1.165) is 20.4 Å². The number of aromatic nitrogens is 4. The van der Waals surface area contributed by atoms with Crippen molar-refractivity contribution in [2.45, 2.75) is 11.3 Å². The summed E-state index contributed by atoms with van der Waals surface area (Å²) in [7, 11) is 3.44. The van der Waals surface area contributed by atoms with E-state index in [1.807, 2.05) is 13.0 Å². The lowest BCUT2D eigenvalue weighted by molar-refractivity contribution is -0.113. The zero-order valence-electron chi connectivity index (χ0n) is 12.9. The second-order valence-corrected chi connectivity index (χ2v) is 7.43. The third kappa shape index (κ3) is 3.15. The number of thioether (sulfide) groups is 1. The number of fused-ring (bicyclic) bond motifs is 1. The van der Waals surface area contributed by atoms with Gasteiger partial charge in [-0.3, -0.25) is 13.9 Å². The van der Waals surface area contributed by atoms with Gasteiger partial charge in [0.15, 0.2) is 4.34 Å². The molecule has 120 valence electrons. The van der Waals surface area contributed by atoms with Gasteiger partial charge in [0.2, 0.25) is 5.91 Å². The quantitative estimate of drug-likeness (QED) is 0.726. The Morgan fingerprint density at radius 2 is 2.00 bits per heavy atom. The van der Waals surface area contributed by atoms with Crippen LogP contribution in [0.3, 0.4) is 0 Å². The highest BCUT2D eigenvalue weighted by Crippen LogP contribution is 2.22. The highest BCUT2D eigenvalue weighted by molar-refractivity contribution is 8.01. The molecule has 0 spiro atoms. The molecule has 1 amide bonds. The average Bonchev–Trinajstić information content (AvgIpc) is 3.04. The van der Waals surface area contributed by atoms with Gasteiger partial charge in [0.05, 0.1) is 16.8 Å². The van der Waals surface area contributed by atoms with Gasteiger partial charge in [0.1, 0.15) is 5.01 Å². The molecule has 3 rings (SSSR count). The third-order valence-electron chi connectivity index (χ3n) is 3.39. The van der Waals surface area contributed by atoms with Crippen LogP contribution in [0.15, 0.2) is 27.3 Å². The number of nitrogens with one attached hydrogen (secondary N) is 1. The average molecular weight is 349 g/mol. The molecule has 0 aliphatic heterocycles. The zero-order chi connectivity index (χ0) is 16.6. The molecule has 0 aliphatic rings. The molecule has 2 aromatic heterocycles. The first-order chi connectivity index (χ1) is 11.0. The van der Waals surface area contributed by atoms with Gasteiger partial charge in [0.25, 0.3) is 0 Å². The van der Waals surface area contributed by atoms with E-state index in [4.69, 9.17) is 0 Å². The highest BCUT2D eigenvalue weighted by atomic mass is 32.2. The molecule has 0 bridgehead atoms. The van der Waals surface area contributed by atoms with Crippen molar-refractivity contribution in [3.8, 4) is 0 Å². The molecule has 3 aromatic rings. The Morgan fingerprint density at radius 3 is 2.70 bits per heavy atom. The maximum absolute atomic E-state index is 12.0. The maximum atomic E-state index is 12.0. The number of nitrogens with zero attached hydrogens (tertiary/aromatic N) is 4. The Kier molecular flexibility index (Phi) is 4.22. The van der Waals surface area contributed by atoms with Crippen LogP contribution in [-0.4, -0.2) is 31.0 Å². The first-order valence-electron chi connectivity index (χ1n) is 6.84. The topological polar surface area (TPSA) is 81.8 Å². The van der Waals surface area contributed by atoms with E-state index >= 15 is 0 Å². The molecule has 0 unspecified atom stereocenters. The number of anilines is 1. The van der Waals surface area contributed by atoms with Crippen molar-refractivity contribution in [1.82, 2.24) is 19.3 Å². The van der Waals surface area contributed by atoms with Crippen LogP contribution in [0.5, 0.6) is 0 Å². The van der Waals surface area contributed by atoms with E-state index in [0.29, 0.717) is 5.69 Å². The van der Waals surface area contributed by atoms with Crippen LogP contribution >= 0.6 is 23.1 Å². The lowest BCUT2D eigenvalue weighted by atomic mass is 10.2. The van der Waals surface area contributed by atoms with Crippen molar-refractivity contribution in [3.05, 3.63) is 33.7 Å². The molecular weight excluding hydrogens is 334 g/mol. The fraction of sp³-hybridized carbons (Fsp3) is 0.286. The molecule has 0 radical (unpaired) electrons. The summed E-state index contributed by atoms with van der Waals surface area (Å²) in [5.74, 6) is 0.142. The van der Waals surface area contributed by atoms with Crippen LogP contribution in [0.4, 0.5) is 5.69 Å². The smallest absolute Gasteiger partial charge is 0.325 e. The number of imidazole rings is 1.